The standard InChI is InChI=1S/C21H32FNO3/c1-21(2,4-5-22)10-17-11-23-6-3-14-7-15(12-24)16(13-25)8-18(14)19(23)9-20(17)26/h7-8,17,19-20,24-26H,3-6,9-13H2,1-2H3/t17-,19-,20+/m1/s1. The Labute approximate surface area is 155 Å². The fraction of sp³-hybridized carbons (Fsp3) is 0.714. The first-order valence-corrected chi connectivity index (χ1v) is 9.73. The molecule has 0 bridgehead atoms. The zero-order valence-electron chi connectivity index (χ0n) is 15.9. The van der Waals surface area contributed by atoms with Crippen LogP contribution in [0.3, 0.4) is 0 Å². The molecule has 26 heavy (non-hydrogen) atoms. The first kappa shape index (κ1) is 19.7. The zero-order valence-corrected chi connectivity index (χ0v) is 15.9. The van der Waals surface area contributed by atoms with Gasteiger partial charge >= 0.3 is 0 Å². The minimum atomic E-state index is -0.392. The molecule has 1 aromatic carbocycles. The summed E-state index contributed by atoms with van der Waals surface area (Å²) in [5.74, 6) is 0.170. The summed E-state index contributed by atoms with van der Waals surface area (Å²) in [5.41, 5.74) is 3.87. The van der Waals surface area contributed by atoms with E-state index < -0.39 is 6.10 Å². The Morgan fingerprint density at radius 1 is 1.19 bits per heavy atom. The van der Waals surface area contributed by atoms with Gasteiger partial charge in [-0.3, -0.25) is 9.29 Å². The van der Waals surface area contributed by atoms with Gasteiger partial charge in [0.15, 0.2) is 0 Å². The fourth-order valence-corrected chi connectivity index (χ4v) is 4.80. The Hall–Kier alpha value is -1.01. The van der Waals surface area contributed by atoms with Gasteiger partial charge in [-0.25, -0.2) is 0 Å². The van der Waals surface area contributed by atoms with Crippen LogP contribution in [0.25, 0.3) is 0 Å². The van der Waals surface area contributed by atoms with E-state index in [9.17, 15) is 19.7 Å². The monoisotopic (exact) mass is 365 g/mol. The largest absolute Gasteiger partial charge is 0.393 e. The van der Waals surface area contributed by atoms with Crippen LogP contribution in [0, 0.1) is 11.3 Å². The van der Waals surface area contributed by atoms with E-state index >= 15 is 0 Å². The third-order valence-corrected chi connectivity index (χ3v) is 6.33. The van der Waals surface area contributed by atoms with Gasteiger partial charge in [-0.05, 0) is 59.3 Å². The van der Waals surface area contributed by atoms with Crippen LogP contribution in [0.4, 0.5) is 4.39 Å². The Morgan fingerprint density at radius 3 is 2.54 bits per heavy atom. The molecule has 3 rings (SSSR count). The highest BCUT2D eigenvalue weighted by molar-refractivity contribution is 5.41. The van der Waals surface area contributed by atoms with Crippen molar-refractivity contribution in [3.63, 3.8) is 0 Å². The highest BCUT2D eigenvalue weighted by atomic mass is 19.1. The third kappa shape index (κ3) is 3.96. The minimum Gasteiger partial charge on any atom is -0.393 e. The van der Waals surface area contributed by atoms with Gasteiger partial charge in [-0.2, -0.15) is 0 Å². The second-order valence-corrected chi connectivity index (χ2v) is 8.77. The van der Waals surface area contributed by atoms with E-state index in [1.165, 1.54) is 11.1 Å². The summed E-state index contributed by atoms with van der Waals surface area (Å²) in [6.45, 7) is 5.48. The molecule has 0 unspecified atom stereocenters. The number of nitrogens with zero attached hydrogens (tertiary/aromatic N) is 1. The van der Waals surface area contributed by atoms with E-state index in [0.717, 1.165) is 37.1 Å². The molecule has 5 heteroatoms. The summed E-state index contributed by atoms with van der Waals surface area (Å²) in [6.07, 6.45) is 2.57. The Kier molecular flexibility index (Phi) is 6.02. The number of aliphatic hydroxyl groups is 3. The average Bonchev–Trinajstić information content (AvgIpc) is 2.60. The second kappa shape index (κ2) is 7.93. The molecule has 0 radical (unpaired) electrons. The summed E-state index contributed by atoms with van der Waals surface area (Å²) in [5, 5.41) is 29.9. The molecular formula is C21H32FNO3. The van der Waals surface area contributed by atoms with Crippen molar-refractivity contribution in [3.8, 4) is 0 Å². The molecule has 2 aliphatic rings. The van der Waals surface area contributed by atoms with E-state index in [-0.39, 0.29) is 37.3 Å². The van der Waals surface area contributed by atoms with Gasteiger partial charge in [-0.1, -0.05) is 26.0 Å². The SMILES string of the molecule is CC(C)(CCF)C[C@@H]1CN2CCc3cc(CO)c(CO)cc3[C@H]2C[C@@H]1O. The molecule has 0 aliphatic carbocycles. The van der Waals surface area contributed by atoms with Gasteiger partial charge in [0, 0.05) is 19.1 Å². The smallest absolute Gasteiger partial charge is 0.0899 e. The molecule has 3 N–H and O–H groups in total. The average molecular weight is 365 g/mol. The summed E-state index contributed by atoms with van der Waals surface area (Å²) < 4.78 is 12.8. The maximum Gasteiger partial charge on any atom is 0.0899 e. The van der Waals surface area contributed by atoms with Crippen LogP contribution in [-0.2, 0) is 19.6 Å². The predicted octanol–water partition coefficient (Wildman–Crippen LogP) is 2.73. The van der Waals surface area contributed by atoms with Crippen LogP contribution in [0.5, 0.6) is 0 Å². The zero-order chi connectivity index (χ0) is 18.9. The maximum absolute atomic E-state index is 12.8. The maximum atomic E-state index is 12.8. The molecule has 1 aromatic rings. The number of hydrogen-bond acceptors (Lipinski definition) is 4. The van der Waals surface area contributed by atoms with Crippen molar-refractivity contribution in [1.29, 1.82) is 0 Å². The van der Waals surface area contributed by atoms with Crippen molar-refractivity contribution >= 4 is 0 Å². The fourth-order valence-electron chi connectivity index (χ4n) is 4.80. The van der Waals surface area contributed by atoms with Crippen molar-refractivity contribution < 1.29 is 19.7 Å². The van der Waals surface area contributed by atoms with E-state index in [1.54, 1.807) is 0 Å². The molecule has 1 fully saturated rings. The van der Waals surface area contributed by atoms with Crippen LogP contribution in [0.15, 0.2) is 12.1 Å². The first-order chi connectivity index (χ1) is 12.4. The van der Waals surface area contributed by atoms with Gasteiger partial charge in [0.25, 0.3) is 0 Å². The topological polar surface area (TPSA) is 63.9 Å². The van der Waals surface area contributed by atoms with Crippen LogP contribution in [0.1, 0.15) is 61.4 Å². The molecular weight excluding hydrogens is 333 g/mol. The van der Waals surface area contributed by atoms with Gasteiger partial charge in [0.2, 0.25) is 0 Å². The molecule has 2 heterocycles. The summed E-state index contributed by atoms with van der Waals surface area (Å²) >= 11 is 0. The van der Waals surface area contributed by atoms with Gasteiger partial charge in [0.1, 0.15) is 0 Å². The summed E-state index contributed by atoms with van der Waals surface area (Å²) in [6, 6.07) is 4.19. The molecule has 3 atom stereocenters. The lowest BCUT2D eigenvalue weighted by molar-refractivity contribution is -0.0287. The number of piperidine rings is 1. The third-order valence-electron chi connectivity index (χ3n) is 6.33. The van der Waals surface area contributed by atoms with E-state index in [0.29, 0.717) is 12.8 Å². The number of halogens is 1. The quantitative estimate of drug-likeness (QED) is 0.725. The molecule has 0 aromatic heterocycles. The first-order valence-electron chi connectivity index (χ1n) is 9.73. The van der Waals surface area contributed by atoms with Crippen molar-refractivity contribution in [3.05, 3.63) is 34.4 Å². The van der Waals surface area contributed by atoms with Crippen LogP contribution >= 0.6 is 0 Å². The van der Waals surface area contributed by atoms with E-state index in [4.69, 9.17) is 0 Å². The number of alkyl halides is 1. The van der Waals surface area contributed by atoms with E-state index in [1.807, 2.05) is 12.1 Å². The second-order valence-electron chi connectivity index (χ2n) is 8.77. The number of hydrogen-bond donors (Lipinski definition) is 3. The molecule has 2 aliphatic heterocycles. The lowest BCUT2D eigenvalue weighted by Gasteiger charge is -2.47. The molecule has 1 saturated heterocycles. The summed E-state index contributed by atoms with van der Waals surface area (Å²) in [4.78, 5) is 2.44. The Balaban J connectivity index is 1.80. The highest BCUT2D eigenvalue weighted by Gasteiger charge is 2.40. The van der Waals surface area contributed by atoms with Crippen molar-refractivity contribution in [1.82, 2.24) is 4.90 Å². The highest BCUT2D eigenvalue weighted by Crippen LogP contribution is 2.42. The number of rotatable bonds is 6. The predicted molar refractivity (Wildman–Crippen MR) is 99.4 cm³/mol. The van der Waals surface area contributed by atoms with Gasteiger partial charge < -0.3 is 15.3 Å². The molecule has 146 valence electrons. The van der Waals surface area contributed by atoms with Gasteiger partial charge in [0.05, 0.1) is 26.0 Å². The lowest BCUT2D eigenvalue weighted by atomic mass is 9.73. The number of benzene rings is 1. The summed E-state index contributed by atoms with van der Waals surface area (Å²) in [7, 11) is 0. The van der Waals surface area contributed by atoms with Crippen molar-refractivity contribution in [2.75, 3.05) is 19.8 Å². The minimum absolute atomic E-state index is 0.0636. The molecule has 0 saturated carbocycles. The number of fused-ring (bicyclic) bond motifs is 3. The Morgan fingerprint density at radius 2 is 1.88 bits per heavy atom. The molecule has 0 spiro atoms. The van der Waals surface area contributed by atoms with Crippen LogP contribution in [-0.4, -0.2) is 46.1 Å². The molecule has 4 nitrogen and oxygen atoms in total. The van der Waals surface area contributed by atoms with E-state index in [2.05, 4.69) is 18.7 Å². The van der Waals surface area contributed by atoms with Crippen molar-refractivity contribution in [2.45, 2.75) is 64.9 Å². The van der Waals surface area contributed by atoms with Gasteiger partial charge in [-0.15, -0.1) is 0 Å². The number of aliphatic hydroxyl groups excluding tert-OH is 3. The van der Waals surface area contributed by atoms with Crippen LogP contribution in [0.2, 0.25) is 0 Å². The lowest BCUT2D eigenvalue weighted by Crippen LogP contribution is -2.49. The normalized spacial score (nSPS) is 26.5. The Bertz CT molecular complexity index is 634. The van der Waals surface area contributed by atoms with Crippen LogP contribution < -0.4 is 0 Å². The van der Waals surface area contributed by atoms with Crippen molar-refractivity contribution in [2.24, 2.45) is 11.3 Å². The molecule has 0 amide bonds.